The molecule has 1 aliphatic carbocycles. The van der Waals surface area contributed by atoms with Gasteiger partial charge in [0.2, 0.25) is 11.8 Å². The molecule has 1 aromatic rings. The highest BCUT2D eigenvalue weighted by Gasteiger charge is 2.29. The summed E-state index contributed by atoms with van der Waals surface area (Å²) in [5, 5.41) is 6.00. The lowest BCUT2D eigenvalue weighted by atomic mass is 9.88. The van der Waals surface area contributed by atoms with Crippen molar-refractivity contribution < 1.29 is 19.1 Å². The molecule has 0 spiro atoms. The van der Waals surface area contributed by atoms with Gasteiger partial charge >= 0.3 is 0 Å². The van der Waals surface area contributed by atoms with E-state index >= 15 is 0 Å². The van der Waals surface area contributed by atoms with Gasteiger partial charge in [-0.1, -0.05) is 33.1 Å². The molecule has 3 rings (SSSR count). The molecule has 1 aromatic carbocycles. The Bertz CT molecular complexity index is 756. The summed E-state index contributed by atoms with van der Waals surface area (Å²) in [4.78, 5) is 25.6. The molecule has 0 radical (unpaired) electrons. The van der Waals surface area contributed by atoms with Crippen LogP contribution in [0.1, 0.15) is 70.9 Å². The Morgan fingerprint density at radius 3 is 2.60 bits per heavy atom. The van der Waals surface area contributed by atoms with Gasteiger partial charge in [-0.3, -0.25) is 9.59 Å². The number of carbonyl (C=O) groups excluding carboxylic acids is 2. The van der Waals surface area contributed by atoms with Gasteiger partial charge in [0.25, 0.3) is 0 Å². The van der Waals surface area contributed by atoms with E-state index in [-0.39, 0.29) is 29.8 Å². The van der Waals surface area contributed by atoms with Crippen molar-refractivity contribution in [1.82, 2.24) is 10.6 Å². The molecule has 2 amide bonds. The predicted molar refractivity (Wildman–Crippen MR) is 117 cm³/mol. The van der Waals surface area contributed by atoms with Gasteiger partial charge in [0.05, 0.1) is 6.61 Å². The SMILES string of the molecule is CCOc1cc2c(cc1CNC(=O)C(NC(=O)C1CCCCC1)C(C)C)OC(C)C2. The molecule has 166 valence electrons. The average molecular weight is 417 g/mol. The topological polar surface area (TPSA) is 76.7 Å². The number of amides is 2. The fourth-order valence-corrected chi connectivity index (χ4v) is 4.37. The third kappa shape index (κ3) is 5.46. The zero-order chi connectivity index (χ0) is 21.7. The van der Waals surface area contributed by atoms with Crippen molar-refractivity contribution in [2.24, 2.45) is 11.8 Å². The second kappa shape index (κ2) is 10.2. The second-order valence-electron chi connectivity index (χ2n) is 8.92. The van der Waals surface area contributed by atoms with E-state index in [1.807, 2.05) is 39.8 Å². The zero-order valence-corrected chi connectivity index (χ0v) is 18.8. The lowest BCUT2D eigenvalue weighted by molar-refractivity contribution is -0.132. The lowest BCUT2D eigenvalue weighted by Gasteiger charge is -2.26. The van der Waals surface area contributed by atoms with Gasteiger partial charge < -0.3 is 20.1 Å². The van der Waals surface area contributed by atoms with Gasteiger partial charge in [0, 0.05) is 30.0 Å². The number of nitrogens with one attached hydrogen (secondary N) is 2. The highest BCUT2D eigenvalue weighted by Crippen LogP contribution is 2.35. The maximum Gasteiger partial charge on any atom is 0.243 e. The number of hydrogen-bond donors (Lipinski definition) is 2. The van der Waals surface area contributed by atoms with Crippen LogP contribution in [-0.4, -0.2) is 30.6 Å². The van der Waals surface area contributed by atoms with Crippen molar-refractivity contribution in [3.05, 3.63) is 23.3 Å². The Balaban J connectivity index is 1.65. The van der Waals surface area contributed by atoms with Crippen LogP contribution in [0.5, 0.6) is 11.5 Å². The van der Waals surface area contributed by atoms with E-state index in [0.29, 0.717) is 13.2 Å². The molecule has 1 heterocycles. The molecule has 2 N–H and O–H groups in total. The molecule has 6 nitrogen and oxygen atoms in total. The quantitative estimate of drug-likeness (QED) is 0.677. The number of ether oxygens (including phenoxy) is 2. The molecule has 6 heteroatoms. The maximum atomic E-state index is 12.9. The molecule has 1 aliphatic heterocycles. The van der Waals surface area contributed by atoms with Crippen molar-refractivity contribution in [3.63, 3.8) is 0 Å². The monoisotopic (exact) mass is 416 g/mol. The lowest BCUT2D eigenvalue weighted by Crippen LogP contribution is -2.51. The molecule has 2 aliphatic rings. The Morgan fingerprint density at radius 1 is 1.20 bits per heavy atom. The van der Waals surface area contributed by atoms with Crippen LogP contribution >= 0.6 is 0 Å². The van der Waals surface area contributed by atoms with E-state index in [1.54, 1.807) is 0 Å². The van der Waals surface area contributed by atoms with Gasteiger partial charge in [-0.15, -0.1) is 0 Å². The van der Waals surface area contributed by atoms with Gasteiger partial charge in [0.15, 0.2) is 0 Å². The van der Waals surface area contributed by atoms with Gasteiger partial charge in [-0.25, -0.2) is 0 Å². The van der Waals surface area contributed by atoms with Gasteiger partial charge in [0.1, 0.15) is 23.6 Å². The normalized spacial score (nSPS) is 19.7. The van der Waals surface area contributed by atoms with Crippen molar-refractivity contribution in [2.75, 3.05) is 6.61 Å². The van der Waals surface area contributed by atoms with Crippen molar-refractivity contribution in [2.45, 2.75) is 84.9 Å². The summed E-state index contributed by atoms with van der Waals surface area (Å²) < 4.78 is 11.7. The van der Waals surface area contributed by atoms with Crippen LogP contribution in [0.2, 0.25) is 0 Å². The van der Waals surface area contributed by atoms with Crippen LogP contribution in [0, 0.1) is 11.8 Å². The molecule has 30 heavy (non-hydrogen) atoms. The zero-order valence-electron chi connectivity index (χ0n) is 18.8. The summed E-state index contributed by atoms with van der Waals surface area (Å²) in [6, 6.07) is 3.45. The fraction of sp³-hybridized carbons (Fsp3) is 0.667. The summed E-state index contributed by atoms with van der Waals surface area (Å²) in [6.45, 7) is 8.81. The second-order valence-corrected chi connectivity index (χ2v) is 8.92. The van der Waals surface area contributed by atoms with Crippen LogP contribution in [0.15, 0.2) is 12.1 Å². The predicted octanol–water partition coefficient (Wildman–Crippen LogP) is 3.75. The van der Waals surface area contributed by atoms with Crippen LogP contribution in [0.25, 0.3) is 0 Å². The minimum atomic E-state index is -0.541. The number of fused-ring (bicyclic) bond motifs is 1. The van der Waals surface area contributed by atoms with E-state index < -0.39 is 6.04 Å². The third-order valence-electron chi connectivity index (χ3n) is 6.05. The molecule has 2 unspecified atom stereocenters. The summed E-state index contributed by atoms with van der Waals surface area (Å²) in [6.07, 6.45) is 6.24. The Labute approximate surface area is 180 Å². The van der Waals surface area contributed by atoms with E-state index in [1.165, 1.54) is 6.42 Å². The minimum absolute atomic E-state index is 0.00751. The third-order valence-corrected chi connectivity index (χ3v) is 6.05. The first-order valence-electron chi connectivity index (χ1n) is 11.4. The molecule has 1 fully saturated rings. The first kappa shape index (κ1) is 22.4. The molecular weight excluding hydrogens is 380 g/mol. The largest absolute Gasteiger partial charge is 0.494 e. The number of carbonyl (C=O) groups is 2. The molecule has 0 aromatic heterocycles. The van der Waals surface area contributed by atoms with Gasteiger partial charge in [-0.2, -0.15) is 0 Å². The first-order chi connectivity index (χ1) is 14.4. The Kier molecular flexibility index (Phi) is 7.62. The van der Waals surface area contributed by atoms with E-state index in [9.17, 15) is 9.59 Å². The Morgan fingerprint density at radius 2 is 1.93 bits per heavy atom. The highest BCUT2D eigenvalue weighted by atomic mass is 16.5. The molecule has 0 saturated heterocycles. The van der Waals surface area contributed by atoms with Crippen LogP contribution < -0.4 is 20.1 Å². The van der Waals surface area contributed by atoms with Crippen molar-refractivity contribution in [3.8, 4) is 11.5 Å². The van der Waals surface area contributed by atoms with Crippen LogP contribution in [0.4, 0.5) is 0 Å². The van der Waals surface area contributed by atoms with E-state index in [4.69, 9.17) is 9.47 Å². The Hall–Kier alpha value is -2.24. The molecular formula is C24H36N2O4. The fourth-order valence-electron chi connectivity index (χ4n) is 4.37. The van der Waals surface area contributed by atoms with E-state index in [0.717, 1.165) is 54.7 Å². The summed E-state index contributed by atoms with van der Waals surface area (Å²) in [7, 11) is 0. The summed E-state index contributed by atoms with van der Waals surface area (Å²) >= 11 is 0. The standard InChI is InChI=1S/C24H36N2O4/c1-5-29-20-12-18-11-16(4)30-21(18)13-19(20)14-25-24(28)22(15(2)3)26-23(27)17-9-7-6-8-10-17/h12-13,15-17,22H,5-11,14H2,1-4H3,(H,25,28)(H,26,27). The maximum absolute atomic E-state index is 12.9. The average Bonchev–Trinajstić information content (AvgIpc) is 3.09. The number of rotatable bonds is 8. The van der Waals surface area contributed by atoms with Crippen LogP contribution in [0.3, 0.4) is 0 Å². The van der Waals surface area contributed by atoms with Crippen molar-refractivity contribution in [1.29, 1.82) is 0 Å². The highest BCUT2D eigenvalue weighted by molar-refractivity contribution is 5.88. The number of hydrogen-bond acceptors (Lipinski definition) is 4. The molecule has 0 bridgehead atoms. The molecule has 1 saturated carbocycles. The first-order valence-corrected chi connectivity index (χ1v) is 11.4. The summed E-state index contributed by atoms with van der Waals surface area (Å²) in [5.41, 5.74) is 2.03. The van der Waals surface area contributed by atoms with Crippen molar-refractivity contribution >= 4 is 11.8 Å². The number of benzene rings is 1. The van der Waals surface area contributed by atoms with Crippen LogP contribution in [-0.2, 0) is 22.6 Å². The smallest absolute Gasteiger partial charge is 0.243 e. The van der Waals surface area contributed by atoms with E-state index in [2.05, 4.69) is 10.6 Å². The summed E-state index contributed by atoms with van der Waals surface area (Å²) in [5.74, 6) is 1.54. The van der Waals surface area contributed by atoms with Gasteiger partial charge in [-0.05, 0) is 44.7 Å². The molecule has 2 atom stereocenters. The minimum Gasteiger partial charge on any atom is -0.494 e.